The lowest BCUT2D eigenvalue weighted by molar-refractivity contribution is -0.136. The van der Waals surface area contributed by atoms with Crippen LogP contribution in [0.1, 0.15) is 23.4 Å². The van der Waals surface area contributed by atoms with Crippen molar-refractivity contribution in [3.05, 3.63) is 23.0 Å². The van der Waals surface area contributed by atoms with Gasteiger partial charge in [0.15, 0.2) is 0 Å². The van der Waals surface area contributed by atoms with Gasteiger partial charge in [-0.15, -0.1) is 0 Å². The lowest BCUT2D eigenvalue weighted by atomic mass is 10.1. The standard InChI is InChI=1S/C9H9F2NO3/c1-4-2-6(13)8(9(10)11)12-5(4)3-7(14)15/h2,9,13H,3H2,1H3,(H,14,15). The lowest BCUT2D eigenvalue weighted by Crippen LogP contribution is -2.06. The van der Waals surface area contributed by atoms with Crippen LogP contribution in [0.5, 0.6) is 5.75 Å². The molecule has 1 rings (SSSR count). The summed E-state index contributed by atoms with van der Waals surface area (Å²) in [4.78, 5) is 13.8. The number of nitrogens with zero attached hydrogens (tertiary/aromatic N) is 1. The maximum Gasteiger partial charge on any atom is 0.309 e. The molecule has 0 aliphatic carbocycles. The molecule has 1 aromatic heterocycles. The Morgan fingerprint density at radius 1 is 1.60 bits per heavy atom. The quantitative estimate of drug-likeness (QED) is 0.807. The third kappa shape index (κ3) is 2.61. The minimum absolute atomic E-state index is 0.0376. The van der Waals surface area contributed by atoms with Crippen LogP contribution in [0.15, 0.2) is 6.07 Å². The minimum atomic E-state index is -2.92. The van der Waals surface area contributed by atoms with E-state index in [9.17, 15) is 13.6 Å². The molecule has 0 aliphatic heterocycles. The van der Waals surface area contributed by atoms with Gasteiger partial charge in [-0.3, -0.25) is 4.79 Å². The highest BCUT2D eigenvalue weighted by Gasteiger charge is 2.18. The van der Waals surface area contributed by atoms with Gasteiger partial charge in [0, 0.05) is 0 Å². The van der Waals surface area contributed by atoms with Gasteiger partial charge < -0.3 is 10.2 Å². The number of alkyl halides is 2. The maximum absolute atomic E-state index is 12.3. The topological polar surface area (TPSA) is 70.4 Å². The van der Waals surface area contributed by atoms with Crippen molar-refractivity contribution >= 4 is 5.97 Å². The predicted octanol–water partition coefficient (Wildman–Crippen LogP) is 1.66. The molecule has 0 atom stereocenters. The molecule has 4 nitrogen and oxygen atoms in total. The molecular formula is C9H9F2NO3. The number of hydrogen-bond donors (Lipinski definition) is 2. The fourth-order valence-corrected chi connectivity index (χ4v) is 1.14. The number of aromatic nitrogens is 1. The SMILES string of the molecule is Cc1cc(O)c(C(F)F)nc1CC(=O)O. The Morgan fingerprint density at radius 3 is 2.67 bits per heavy atom. The first kappa shape index (κ1) is 11.4. The highest BCUT2D eigenvalue weighted by Crippen LogP contribution is 2.27. The molecule has 0 aromatic carbocycles. The van der Waals surface area contributed by atoms with Crippen molar-refractivity contribution in [3.63, 3.8) is 0 Å². The van der Waals surface area contributed by atoms with E-state index in [-0.39, 0.29) is 5.69 Å². The molecule has 0 saturated carbocycles. The van der Waals surface area contributed by atoms with E-state index < -0.39 is 30.3 Å². The van der Waals surface area contributed by atoms with Crippen LogP contribution in [0.25, 0.3) is 0 Å². The maximum atomic E-state index is 12.3. The molecular weight excluding hydrogens is 208 g/mol. The van der Waals surface area contributed by atoms with Gasteiger partial charge in [0.05, 0.1) is 12.1 Å². The Hall–Kier alpha value is -1.72. The van der Waals surface area contributed by atoms with Crippen molar-refractivity contribution < 1.29 is 23.8 Å². The second-order valence-corrected chi connectivity index (χ2v) is 3.03. The molecule has 0 amide bonds. The third-order valence-corrected chi connectivity index (χ3v) is 1.85. The van der Waals surface area contributed by atoms with Crippen molar-refractivity contribution in [2.75, 3.05) is 0 Å². The van der Waals surface area contributed by atoms with Gasteiger partial charge >= 0.3 is 5.97 Å². The Kier molecular flexibility index (Phi) is 3.18. The molecule has 0 spiro atoms. The molecule has 0 fully saturated rings. The normalized spacial score (nSPS) is 10.7. The number of carboxylic acid groups (broad SMARTS) is 1. The molecule has 0 saturated heterocycles. The van der Waals surface area contributed by atoms with Gasteiger partial charge in [0.1, 0.15) is 11.4 Å². The van der Waals surface area contributed by atoms with E-state index in [0.717, 1.165) is 6.07 Å². The molecule has 15 heavy (non-hydrogen) atoms. The molecule has 1 aromatic rings. The van der Waals surface area contributed by atoms with Crippen LogP contribution in [0.4, 0.5) is 8.78 Å². The van der Waals surface area contributed by atoms with Crippen molar-refractivity contribution in [1.29, 1.82) is 0 Å². The van der Waals surface area contributed by atoms with Crippen molar-refractivity contribution in [3.8, 4) is 5.75 Å². The van der Waals surface area contributed by atoms with Gasteiger partial charge in [-0.2, -0.15) is 0 Å². The largest absolute Gasteiger partial charge is 0.506 e. The van der Waals surface area contributed by atoms with Gasteiger partial charge in [-0.05, 0) is 18.6 Å². The summed E-state index contributed by atoms with van der Waals surface area (Å²) in [6, 6.07) is 1.09. The molecule has 0 radical (unpaired) electrons. The molecule has 0 bridgehead atoms. The highest BCUT2D eigenvalue weighted by molar-refractivity contribution is 5.70. The number of carboxylic acids is 1. The zero-order valence-electron chi connectivity index (χ0n) is 7.87. The van der Waals surface area contributed by atoms with Crippen LogP contribution in [-0.2, 0) is 11.2 Å². The molecule has 82 valence electrons. The van der Waals surface area contributed by atoms with E-state index >= 15 is 0 Å². The van der Waals surface area contributed by atoms with Crippen LogP contribution in [-0.4, -0.2) is 21.2 Å². The van der Waals surface area contributed by atoms with Gasteiger partial charge in [-0.1, -0.05) is 0 Å². The summed E-state index contributed by atoms with van der Waals surface area (Å²) in [5.74, 6) is -1.77. The fourth-order valence-electron chi connectivity index (χ4n) is 1.14. The van der Waals surface area contributed by atoms with Crippen molar-refractivity contribution in [2.24, 2.45) is 0 Å². The van der Waals surface area contributed by atoms with E-state index in [4.69, 9.17) is 10.2 Å². The number of aryl methyl sites for hydroxylation is 1. The van der Waals surface area contributed by atoms with E-state index in [1.54, 1.807) is 0 Å². The van der Waals surface area contributed by atoms with Gasteiger partial charge in [0.2, 0.25) is 0 Å². The van der Waals surface area contributed by atoms with Crippen LogP contribution in [0, 0.1) is 6.92 Å². The summed E-state index contributed by atoms with van der Waals surface area (Å²) in [6.45, 7) is 1.50. The summed E-state index contributed by atoms with van der Waals surface area (Å²) >= 11 is 0. The first-order valence-electron chi connectivity index (χ1n) is 4.11. The van der Waals surface area contributed by atoms with Crippen molar-refractivity contribution in [1.82, 2.24) is 4.98 Å². The molecule has 0 aliphatic rings. The number of hydrogen-bond acceptors (Lipinski definition) is 3. The predicted molar refractivity (Wildman–Crippen MR) is 46.9 cm³/mol. The summed E-state index contributed by atoms with van der Waals surface area (Å²) < 4.78 is 24.6. The zero-order chi connectivity index (χ0) is 11.6. The third-order valence-electron chi connectivity index (χ3n) is 1.85. The Balaban J connectivity index is 3.17. The summed E-state index contributed by atoms with van der Waals surface area (Å²) in [5, 5.41) is 17.6. The monoisotopic (exact) mass is 217 g/mol. The zero-order valence-corrected chi connectivity index (χ0v) is 7.87. The lowest BCUT2D eigenvalue weighted by Gasteiger charge is -2.07. The van der Waals surface area contributed by atoms with Crippen molar-refractivity contribution in [2.45, 2.75) is 19.8 Å². The van der Waals surface area contributed by atoms with E-state index in [1.165, 1.54) is 6.92 Å². The Labute approximate surface area is 84.2 Å². The van der Waals surface area contributed by atoms with Crippen LogP contribution in [0.3, 0.4) is 0 Å². The summed E-state index contributed by atoms with van der Waals surface area (Å²) in [6.07, 6.45) is -3.36. The molecule has 6 heteroatoms. The van der Waals surface area contributed by atoms with Crippen LogP contribution in [0.2, 0.25) is 0 Å². The van der Waals surface area contributed by atoms with Crippen LogP contribution < -0.4 is 0 Å². The second kappa shape index (κ2) is 4.20. The van der Waals surface area contributed by atoms with E-state index in [1.807, 2.05) is 0 Å². The smallest absolute Gasteiger partial charge is 0.309 e. The van der Waals surface area contributed by atoms with Crippen LogP contribution >= 0.6 is 0 Å². The number of rotatable bonds is 3. The number of pyridine rings is 1. The Morgan fingerprint density at radius 2 is 2.20 bits per heavy atom. The van der Waals surface area contributed by atoms with Gasteiger partial charge in [0.25, 0.3) is 6.43 Å². The van der Waals surface area contributed by atoms with E-state index in [2.05, 4.69) is 4.98 Å². The highest BCUT2D eigenvalue weighted by atomic mass is 19.3. The number of aliphatic carboxylic acids is 1. The second-order valence-electron chi connectivity index (χ2n) is 3.03. The fraction of sp³-hybridized carbons (Fsp3) is 0.333. The minimum Gasteiger partial charge on any atom is -0.506 e. The average molecular weight is 217 g/mol. The first-order valence-corrected chi connectivity index (χ1v) is 4.11. The molecule has 2 N–H and O–H groups in total. The summed E-state index contributed by atoms with van der Waals surface area (Å²) in [5.41, 5.74) is -0.369. The van der Waals surface area contributed by atoms with Gasteiger partial charge in [-0.25, -0.2) is 13.8 Å². The summed E-state index contributed by atoms with van der Waals surface area (Å²) in [7, 11) is 0. The number of halogens is 2. The van der Waals surface area contributed by atoms with E-state index in [0.29, 0.717) is 5.56 Å². The number of aromatic hydroxyl groups is 1. The number of carbonyl (C=O) groups is 1. The average Bonchev–Trinajstić information content (AvgIpc) is 2.08. The molecule has 1 heterocycles. The first-order chi connectivity index (χ1) is 6.91. The molecule has 0 unspecified atom stereocenters. The Bertz CT molecular complexity index is 393.